The third kappa shape index (κ3) is 23.0. The second kappa shape index (κ2) is 24.9. The smallest absolute Gasteiger partial charge is 0.157 e. The summed E-state index contributed by atoms with van der Waals surface area (Å²) < 4.78 is 12.0. The van der Waals surface area contributed by atoms with Crippen LogP contribution in [0.3, 0.4) is 0 Å². The van der Waals surface area contributed by atoms with E-state index in [0.29, 0.717) is 6.42 Å². The first kappa shape index (κ1) is 27.9. The van der Waals surface area contributed by atoms with Crippen LogP contribution in [0.2, 0.25) is 0 Å². The number of unbranched alkanes of at least 4 members (excludes halogenated alkanes) is 10. The highest BCUT2D eigenvalue weighted by Crippen LogP contribution is 2.11. The molecular formula is C26H47NO2. The molecule has 0 aliphatic rings. The highest BCUT2D eigenvalue weighted by Gasteiger charge is 2.08. The zero-order valence-electron chi connectivity index (χ0n) is 19.4. The average Bonchev–Trinajstić information content (AvgIpc) is 2.73. The van der Waals surface area contributed by atoms with E-state index in [1.54, 1.807) is 0 Å². The normalized spacial score (nSPS) is 11.8. The summed E-state index contributed by atoms with van der Waals surface area (Å²) in [5.74, 6) is 0. The lowest BCUT2D eigenvalue weighted by Crippen LogP contribution is -2.18. The summed E-state index contributed by atoms with van der Waals surface area (Å²) in [6, 6.07) is 2.21. The first-order valence-corrected chi connectivity index (χ1v) is 12.2. The summed E-state index contributed by atoms with van der Waals surface area (Å²) in [7, 11) is 0. The number of nitrogens with zero attached hydrogens (tertiary/aromatic N) is 1. The molecule has 0 N–H and O–H groups in total. The number of ether oxygens (including phenoxy) is 2. The largest absolute Gasteiger partial charge is 0.353 e. The maximum atomic E-state index is 8.69. The Hall–Kier alpha value is -1.11. The topological polar surface area (TPSA) is 42.2 Å². The van der Waals surface area contributed by atoms with Gasteiger partial charge in [-0.3, -0.25) is 0 Å². The molecule has 0 aromatic rings. The quantitative estimate of drug-likeness (QED) is 0.103. The summed E-state index contributed by atoms with van der Waals surface area (Å²) in [5, 5.41) is 8.69. The van der Waals surface area contributed by atoms with Gasteiger partial charge < -0.3 is 9.47 Å². The van der Waals surface area contributed by atoms with E-state index in [1.165, 1.54) is 51.4 Å². The lowest BCUT2D eigenvalue weighted by atomic mass is 10.2. The predicted molar refractivity (Wildman–Crippen MR) is 125 cm³/mol. The third-order valence-electron chi connectivity index (χ3n) is 4.90. The summed E-state index contributed by atoms with van der Waals surface area (Å²) in [5.41, 5.74) is 0. The van der Waals surface area contributed by atoms with E-state index in [-0.39, 0.29) is 6.29 Å². The van der Waals surface area contributed by atoms with E-state index < -0.39 is 0 Å². The van der Waals surface area contributed by atoms with E-state index in [4.69, 9.17) is 14.7 Å². The molecule has 3 heteroatoms. The van der Waals surface area contributed by atoms with Crippen LogP contribution < -0.4 is 0 Å². The van der Waals surface area contributed by atoms with Crippen LogP contribution in [0.4, 0.5) is 0 Å². The predicted octanol–water partition coefficient (Wildman–Crippen LogP) is 8.26. The van der Waals surface area contributed by atoms with E-state index in [1.807, 2.05) is 0 Å². The molecule has 0 aromatic carbocycles. The van der Waals surface area contributed by atoms with Crippen molar-refractivity contribution in [1.29, 1.82) is 5.26 Å². The second-order valence-corrected chi connectivity index (χ2v) is 7.79. The van der Waals surface area contributed by atoms with Crippen molar-refractivity contribution in [2.24, 2.45) is 0 Å². The monoisotopic (exact) mass is 405 g/mol. The van der Waals surface area contributed by atoms with Crippen LogP contribution in [-0.4, -0.2) is 19.5 Å². The van der Waals surface area contributed by atoms with Gasteiger partial charge in [-0.1, -0.05) is 63.8 Å². The fourth-order valence-corrected chi connectivity index (χ4v) is 3.06. The van der Waals surface area contributed by atoms with Gasteiger partial charge in [-0.2, -0.15) is 5.26 Å². The molecule has 0 atom stereocenters. The lowest BCUT2D eigenvalue weighted by Gasteiger charge is -2.18. The number of hydrogen-bond donors (Lipinski definition) is 0. The van der Waals surface area contributed by atoms with Gasteiger partial charge in [0.2, 0.25) is 0 Å². The summed E-state index contributed by atoms with van der Waals surface area (Å²) in [4.78, 5) is 0. The molecule has 0 heterocycles. The van der Waals surface area contributed by atoms with Gasteiger partial charge in [-0.05, 0) is 70.6 Å². The molecule has 0 bridgehead atoms. The third-order valence-corrected chi connectivity index (χ3v) is 4.90. The maximum absolute atomic E-state index is 8.69. The molecule has 0 aliphatic carbocycles. The molecule has 0 spiro atoms. The van der Waals surface area contributed by atoms with Crippen LogP contribution in [0.5, 0.6) is 0 Å². The minimum absolute atomic E-state index is 0.115. The molecule has 3 nitrogen and oxygen atoms in total. The molecule has 0 aromatic heterocycles. The lowest BCUT2D eigenvalue weighted by molar-refractivity contribution is -0.147. The minimum atomic E-state index is -0.115. The van der Waals surface area contributed by atoms with Gasteiger partial charge in [-0.25, -0.2) is 0 Å². The van der Waals surface area contributed by atoms with E-state index in [2.05, 4.69) is 44.2 Å². The van der Waals surface area contributed by atoms with Crippen molar-refractivity contribution in [3.63, 3.8) is 0 Å². The van der Waals surface area contributed by atoms with Gasteiger partial charge in [0.15, 0.2) is 6.29 Å². The van der Waals surface area contributed by atoms with Gasteiger partial charge >= 0.3 is 0 Å². The molecule has 0 saturated carbocycles. The molecule has 29 heavy (non-hydrogen) atoms. The first-order chi connectivity index (χ1) is 14.3. The van der Waals surface area contributed by atoms with Gasteiger partial charge in [-0.15, -0.1) is 0 Å². The molecular weight excluding hydrogens is 358 g/mol. The van der Waals surface area contributed by atoms with Crippen LogP contribution >= 0.6 is 0 Å². The first-order valence-electron chi connectivity index (χ1n) is 12.2. The van der Waals surface area contributed by atoms with Crippen LogP contribution in [0.1, 0.15) is 117 Å². The Labute approximate surface area is 181 Å². The van der Waals surface area contributed by atoms with E-state index in [9.17, 15) is 0 Å². The van der Waals surface area contributed by atoms with Gasteiger partial charge in [0.25, 0.3) is 0 Å². The number of rotatable bonds is 22. The van der Waals surface area contributed by atoms with Gasteiger partial charge in [0.1, 0.15) is 0 Å². The number of allylic oxidation sites excluding steroid dienone is 4. The fraction of sp³-hybridized carbons (Fsp3) is 0.808. The average molecular weight is 406 g/mol. The van der Waals surface area contributed by atoms with Crippen molar-refractivity contribution >= 4 is 0 Å². The van der Waals surface area contributed by atoms with Crippen molar-refractivity contribution in [2.45, 2.75) is 123 Å². The molecule has 0 fully saturated rings. The molecule has 0 radical (unpaired) electrons. The number of nitriles is 1. The highest BCUT2D eigenvalue weighted by atomic mass is 16.7. The number of hydrogen-bond acceptors (Lipinski definition) is 3. The van der Waals surface area contributed by atoms with Gasteiger partial charge in [0.05, 0.1) is 19.3 Å². The SMILES string of the molecule is CCCCC/C=C\CCCOC(CCCCC#N)OCCC/C=C\CCCCC. The van der Waals surface area contributed by atoms with Crippen LogP contribution in [0.15, 0.2) is 24.3 Å². The zero-order chi connectivity index (χ0) is 21.3. The van der Waals surface area contributed by atoms with Crippen molar-refractivity contribution in [1.82, 2.24) is 0 Å². The summed E-state index contributed by atoms with van der Waals surface area (Å²) in [6.07, 6.45) is 27.0. The molecule has 0 rings (SSSR count). The second-order valence-electron chi connectivity index (χ2n) is 7.79. The molecule has 0 unspecified atom stereocenters. The molecule has 0 saturated heterocycles. The van der Waals surface area contributed by atoms with Gasteiger partial charge in [0, 0.05) is 6.42 Å². The van der Waals surface area contributed by atoms with E-state index >= 15 is 0 Å². The van der Waals surface area contributed by atoms with Crippen LogP contribution in [-0.2, 0) is 9.47 Å². The van der Waals surface area contributed by atoms with Crippen molar-refractivity contribution in [3.8, 4) is 6.07 Å². The molecule has 0 amide bonds. The van der Waals surface area contributed by atoms with Crippen LogP contribution in [0.25, 0.3) is 0 Å². The summed E-state index contributed by atoms with van der Waals surface area (Å²) >= 11 is 0. The Balaban J connectivity index is 3.86. The highest BCUT2D eigenvalue weighted by molar-refractivity contribution is 4.82. The Morgan fingerprint density at radius 3 is 1.59 bits per heavy atom. The fourth-order valence-electron chi connectivity index (χ4n) is 3.06. The van der Waals surface area contributed by atoms with E-state index in [0.717, 1.165) is 58.2 Å². The molecule has 168 valence electrons. The Bertz CT molecular complexity index is 383. The van der Waals surface area contributed by atoms with Crippen LogP contribution in [0, 0.1) is 11.3 Å². The maximum Gasteiger partial charge on any atom is 0.157 e. The Kier molecular flexibility index (Phi) is 24.0. The zero-order valence-corrected chi connectivity index (χ0v) is 19.4. The summed E-state index contributed by atoms with van der Waals surface area (Å²) in [6.45, 7) is 5.98. The standard InChI is InChI=1S/C26H47NO2/c1-3-5-7-9-11-13-15-20-24-28-26(22-18-17-19-23-27)29-25-21-16-14-12-10-8-6-4-2/h11-14,26H,3-10,15-22,24-25H2,1-2H3/b13-11-,14-12-. The van der Waals surface area contributed by atoms with Crippen molar-refractivity contribution < 1.29 is 9.47 Å². The molecule has 0 aliphatic heterocycles. The Morgan fingerprint density at radius 2 is 1.14 bits per heavy atom. The minimum Gasteiger partial charge on any atom is -0.353 e. The Morgan fingerprint density at radius 1 is 0.655 bits per heavy atom. The van der Waals surface area contributed by atoms with Crippen molar-refractivity contribution in [3.05, 3.63) is 24.3 Å². The van der Waals surface area contributed by atoms with Crippen molar-refractivity contribution in [2.75, 3.05) is 13.2 Å².